The second-order valence-electron chi connectivity index (χ2n) is 6.66. The van der Waals surface area contributed by atoms with Gasteiger partial charge in [0.05, 0.1) is 52.8 Å². The summed E-state index contributed by atoms with van der Waals surface area (Å²) in [6.45, 7) is 3.94. The highest BCUT2D eigenvalue weighted by molar-refractivity contribution is 8.00. The lowest BCUT2D eigenvalue weighted by atomic mass is 10.3. The fraction of sp³-hybridized carbons (Fsp3) is 0.857. The van der Waals surface area contributed by atoms with Crippen molar-refractivity contribution in [1.29, 1.82) is 0 Å². The lowest BCUT2D eigenvalue weighted by molar-refractivity contribution is -0.943. The second-order valence-corrected chi connectivity index (χ2v) is 8.87. The number of carbonyl (C=O) groups is 2. The molecule has 0 fully saturated rings. The summed E-state index contributed by atoms with van der Waals surface area (Å²) in [5.74, 6) is 0.520. The first-order chi connectivity index (χ1) is 10.0. The standard InChI is InChI=1S/C14H28N2O4S2/c1-15(2,7-9-21-11-13(17)18)5-6-16(3,4)8-10-22-12-14(19)20/h5-12H2,1-4H3/p+2. The number of hydrogen-bond donors (Lipinski definition) is 2. The number of aliphatic carboxylic acids is 2. The van der Waals surface area contributed by atoms with E-state index in [4.69, 9.17) is 10.2 Å². The first kappa shape index (κ1) is 21.6. The fourth-order valence-corrected chi connectivity index (χ4v) is 3.59. The van der Waals surface area contributed by atoms with Crippen molar-refractivity contribution in [1.82, 2.24) is 0 Å². The monoisotopic (exact) mass is 354 g/mol. The van der Waals surface area contributed by atoms with Gasteiger partial charge in [-0.15, -0.1) is 23.5 Å². The molecule has 0 aliphatic carbocycles. The molecule has 0 spiro atoms. The van der Waals surface area contributed by atoms with Crippen molar-refractivity contribution in [2.45, 2.75) is 0 Å². The predicted octanol–water partition coefficient (Wildman–Crippen LogP) is 0.775. The lowest BCUT2D eigenvalue weighted by Crippen LogP contribution is -2.52. The van der Waals surface area contributed by atoms with Crippen LogP contribution in [-0.4, -0.2) is 108 Å². The SMILES string of the molecule is C[N+](C)(CCSCC(=O)O)CC[N+](C)(C)CCSCC(=O)O. The largest absolute Gasteiger partial charge is 0.481 e. The quantitative estimate of drug-likeness (QED) is 0.376. The van der Waals surface area contributed by atoms with E-state index in [-0.39, 0.29) is 11.5 Å². The van der Waals surface area contributed by atoms with Crippen LogP contribution in [0.5, 0.6) is 0 Å². The molecule has 130 valence electrons. The minimum atomic E-state index is -0.757. The van der Waals surface area contributed by atoms with Crippen LogP contribution in [-0.2, 0) is 9.59 Å². The molecular weight excluding hydrogens is 324 g/mol. The molecule has 0 unspecified atom stereocenters. The van der Waals surface area contributed by atoms with Crippen LogP contribution in [0.15, 0.2) is 0 Å². The summed E-state index contributed by atoms with van der Waals surface area (Å²) in [6.07, 6.45) is 0. The van der Waals surface area contributed by atoms with Gasteiger partial charge in [-0.1, -0.05) is 0 Å². The van der Waals surface area contributed by atoms with Gasteiger partial charge in [0.1, 0.15) is 13.1 Å². The first-order valence-electron chi connectivity index (χ1n) is 7.27. The summed E-state index contributed by atoms with van der Waals surface area (Å²) in [6, 6.07) is 0. The molecule has 0 aromatic heterocycles. The molecular formula is C14H30N2O4S2+2. The van der Waals surface area contributed by atoms with Crippen molar-refractivity contribution >= 4 is 35.5 Å². The molecule has 6 nitrogen and oxygen atoms in total. The Morgan fingerprint density at radius 2 is 1.05 bits per heavy atom. The maximum absolute atomic E-state index is 10.5. The number of rotatable bonds is 13. The van der Waals surface area contributed by atoms with E-state index in [9.17, 15) is 9.59 Å². The van der Waals surface area contributed by atoms with Gasteiger partial charge in [-0.05, 0) is 0 Å². The number of quaternary nitrogens is 2. The van der Waals surface area contributed by atoms with E-state index in [0.717, 1.165) is 46.7 Å². The summed E-state index contributed by atoms with van der Waals surface area (Å²) < 4.78 is 1.74. The molecule has 0 saturated heterocycles. The predicted molar refractivity (Wildman–Crippen MR) is 93.6 cm³/mol. The molecule has 0 radical (unpaired) electrons. The highest BCUT2D eigenvalue weighted by Gasteiger charge is 2.22. The normalized spacial score (nSPS) is 12.4. The molecule has 22 heavy (non-hydrogen) atoms. The molecule has 0 atom stereocenters. The zero-order valence-electron chi connectivity index (χ0n) is 14.1. The van der Waals surface area contributed by atoms with Crippen molar-refractivity contribution in [3.63, 3.8) is 0 Å². The van der Waals surface area contributed by atoms with Crippen molar-refractivity contribution in [2.75, 3.05) is 77.4 Å². The zero-order chi connectivity index (χ0) is 17.2. The highest BCUT2D eigenvalue weighted by atomic mass is 32.2. The average Bonchev–Trinajstić information content (AvgIpc) is 2.38. The molecule has 0 aromatic rings. The minimum Gasteiger partial charge on any atom is -0.481 e. The summed E-state index contributed by atoms with van der Waals surface area (Å²) >= 11 is 2.92. The van der Waals surface area contributed by atoms with Gasteiger partial charge < -0.3 is 19.2 Å². The third-order valence-electron chi connectivity index (χ3n) is 3.44. The van der Waals surface area contributed by atoms with Gasteiger partial charge in [0.15, 0.2) is 0 Å². The van der Waals surface area contributed by atoms with Crippen LogP contribution in [0.2, 0.25) is 0 Å². The lowest BCUT2D eigenvalue weighted by Gasteiger charge is -2.35. The maximum Gasteiger partial charge on any atom is 0.313 e. The molecule has 0 amide bonds. The third kappa shape index (κ3) is 13.2. The Bertz CT molecular complexity index is 329. The number of nitrogens with zero attached hydrogens (tertiary/aromatic N) is 2. The van der Waals surface area contributed by atoms with Gasteiger partial charge in [0, 0.05) is 11.5 Å². The molecule has 2 N–H and O–H groups in total. The third-order valence-corrected chi connectivity index (χ3v) is 5.29. The smallest absolute Gasteiger partial charge is 0.313 e. The highest BCUT2D eigenvalue weighted by Crippen LogP contribution is 2.09. The van der Waals surface area contributed by atoms with Gasteiger partial charge in [-0.25, -0.2) is 0 Å². The van der Waals surface area contributed by atoms with Crippen LogP contribution in [0.3, 0.4) is 0 Å². The summed E-state index contributed by atoms with van der Waals surface area (Å²) in [5, 5.41) is 17.2. The Labute approximate surface area is 142 Å². The van der Waals surface area contributed by atoms with Crippen molar-refractivity contribution in [3.05, 3.63) is 0 Å². The molecule has 0 aliphatic heterocycles. The topological polar surface area (TPSA) is 74.6 Å². The molecule has 0 aliphatic rings. The maximum atomic E-state index is 10.5. The van der Waals surface area contributed by atoms with Crippen LogP contribution in [0, 0.1) is 0 Å². The Morgan fingerprint density at radius 3 is 1.32 bits per heavy atom. The number of hydrogen-bond acceptors (Lipinski definition) is 4. The van der Waals surface area contributed by atoms with Crippen molar-refractivity contribution in [3.8, 4) is 0 Å². The van der Waals surface area contributed by atoms with E-state index in [1.165, 1.54) is 23.5 Å². The van der Waals surface area contributed by atoms with Crippen LogP contribution < -0.4 is 0 Å². The number of carboxylic acids is 2. The van der Waals surface area contributed by atoms with Crippen molar-refractivity contribution < 1.29 is 28.8 Å². The second kappa shape index (κ2) is 10.4. The number of carboxylic acid groups (broad SMARTS) is 2. The minimum absolute atomic E-state index is 0.169. The molecule has 8 heteroatoms. The molecule has 0 saturated carbocycles. The molecule has 0 heterocycles. The average molecular weight is 355 g/mol. The fourth-order valence-electron chi connectivity index (χ4n) is 1.71. The Kier molecular flexibility index (Phi) is 10.1. The van der Waals surface area contributed by atoms with E-state index in [0.29, 0.717) is 0 Å². The Hall–Kier alpha value is -0.440. The summed E-state index contributed by atoms with van der Waals surface area (Å²) in [5.41, 5.74) is 0. The van der Waals surface area contributed by atoms with Gasteiger partial charge >= 0.3 is 11.9 Å². The van der Waals surface area contributed by atoms with Crippen LogP contribution in [0.4, 0.5) is 0 Å². The van der Waals surface area contributed by atoms with Crippen LogP contribution in [0.25, 0.3) is 0 Å². The van der Waals surface area contributed by atoms with E-state index < -0.39 is 11.9 Å². The Balaban J connectivity index is 3.94. The summed E-state index contributed by atoms with van der Waals surface area (Å²) in [4.78, 5) is 21.0. The van der Waals surface area contributed by atoms with Crippen LogP contribution >= 0.6 is 23.5 Å². The van der Waals surface area contributed by atoms with Crippen LogP contribution in [0.1, 0.15) is 0 Å². The van der Waals surface area contributed by atoms with E-state index in [1.807, 2.05) is 0 Å². The van der Waals surface area contributed by atoms with Gasteiger partial charge in [0.2, 0.25) is 0 Å². The van der Waals surface area contributed by atoms with Crippen molar-refractivity contribution in [2.24, 2.45) is 0 Å². The summed E-state index contributed by atoms with van der Waals surface area (Å²) in [7, 11) is 8.67. The van der Waals surface area contributed by atoms with E-state index in [2.05, 4.69) is 28.2 Å². The van der Waals surface area contributed by atoms with E-state index in [1.54, 1.807) is 0 Å². The molecule has 0 aromatic carbocycles. The van der Waals surface area contributed by atoms with E-state index >= 15 is 0 Å². The first-order valence-corrected chi connectivity index (χ1v) is 9.58. The molecule has 0 bridgehead atoms. The van der Waals surface area contributed by atoms with Gasteiger partial charge in [-0.2, -0.15) is 0 Å². The zero-order valence-corrected chi connectivity index (χ0v) is 15.7. The number of thioether (sulfide) groups is 2. The Morgan fingerprint density at radius 1 is 0.727 bits per heavy atom. The number of likely N-dealkylation sites (N-methyl/N-ethyl adjacent to an activating group) is 2. The molecule has 0 rings (SSSR count). The van der Waals surface area contributed by atoms with Gasteiger partial charge in [-0.3, -0.25) is 9.59 Å². The van der Waals surface area contributed by atoms with Gasteiger partial charge in [0.25, 0.3) is 0 Å².